The lowest BCUT2D eigenvalue weighted by molar-refractivity contribution is -0.137. The molecule has 0 heterocycles. The second-order valence-corrected chi connectivity index (χ2v) is 12.5. The van der Waals surface area contributed by atoms with Crippen molar-refractivity contribution in [2.24, 2.45) is 5.92 Å². The van der Waals surface area contributed by atoms with Crippen molar-refractivity contribution >= 4 is 11.9 Å². The Morgan fingerprint density at radius 1 is 0.568 bits per heavy atom. The van der Waals surface area contributed by atoms with Crippen molar-refractivity contribution in [1.82, 2.24) is 0 Å². The Balaban J connectivity index is 0.000000175. The number of carbonyl (C=O) groups is 2. The first-order valence-corrected chi connectivity index (χ1v) is 16.3. The highest BCUT2D eigenvalue weighted by Crippen LogP contribution is 2.40. The number of hydrogen-bond donors (Lipinski definition) is 2. The standard InChI is InChI=1S/C21H24O2.C19H20O2/c22-21(23)15-17-11-12-20(18-9-5-2-6-10-18)19(14-17)13-16-7-3-1-4-8-16;20-19(21)13-14-10-11-17(15-6-2-1-3-7-15)18(12-14)16-8-4-5-9-16/h2,5-6,9-12,14,16H,1,3-4,7-8,13,15H2,(H,22,23);1-3,6-7,10-12,16H,4-5,8-9,13H2,(H,20,21). The molecule has 0 unspecified atom stereocenters. The van der Waals surface area contributed by atoms with E-state index in [1.165, 1.54) is 91.2 Å². The van der Waals surface area contributed by atoms with Crippen LogP contribution in [0.5, 0.6) is 0 Å². The molecular formula is C40H44O4. The quantitative estimate of drug-likeness (QED) is 0.204. The Morgan fingerprint density at radius 2 is 1.07 bits per heavy atom. The molecule has 0 aliphatic heterocycles. The summed E-state index contributed by atoms with van der Waals surface area (Å²) in [5.41, 5.74) is 9.41. The molecule has 0 atom stereocenters. The summed E-state index contributed by atoms with van der Waals surface area (Å²) in [4.78, 5) is 22.0. The number of carboxylic acid groups (broad SMARTS) is 2. The van der Waals surface area contributed by atoms with Gasteiger partial charge in [-0.1, -0.05) is 142 Å². The van der Waals surface area contributed by atoms with E-state index < -0.39 is 11.9 Å². The van der Waals surface area contributed by atoms with Crippen molar-refractivity contribution < 1.29 is 19.8 Å². The van der Waals surface area contributed by atoms with Gasteiger partial charge in [0.05, 0.1) is 12.8 Å². The molecule has 2 fully saturated rings. The highest BCUT2D eigenvalue weighted by molar-refractivity contribution is 5.74. The van der Waals surface area contributed by atoms with Gasteiger partial charge in [-0.2, -0.15) is 0 Å². The van der Waals surface area contributed by atoms with Crippen LogP contribution in [0.15, 0.2) is 97.1 Å². The Hall–Kier alpha value is -4.18. The van der Waals surface area contributed by atoms with Crippen molar-refractivity contribution in [3.8, 4) is 22.3 Å². The Labute approximate surface area is 261 Å². The third kappa shape index (κ3) is 8.69. The molecular weight excluding hydrogens is 544 g/mol. The van der Waals surface area contributed by atoms with Crippen LogP contribution in [-0.2, 0) is 28.9 Å². The predicted octanol–water partition coefficient (Wildman–Crippen LogP) is 9.74. The number of hydrogen-bond acceptors (Lipinski definition) is 2. The summed E-state index contributed by atoms with van der Waals surface area (Å²) in [6.07, 6.45) is 12.9. The molecule has 2 saturated carbocycles. The monoisotopic (exact) mass is 588 g/mol. The summed E-state index contributed by atoms with van der Waals surface area (Å²) >= 11 is 0. The first-order chi connectivity index (χ1) is 21.5. The first kappa shape index (κ1) is 31.3. The second kappa shape index (κ2) is 15.5. The minimum atomic E-state index is -0.764. The average Bonchev–Trinajstić information content (AvgIpc) is 3.58. The summed E-state index contributed by atoms with van der Waals surface area (Å²) in [6, 6.07) is 33.2. The average molecular weight is 589 g/mol. The fraction of sp³-hybridized carbons (Fsp3) is 0.350. The van der Waals surface area contributed by atoms with Gasteiger partial charge in [0.25, 0.3) is 0 Å². The van der Waals surface area contributed by atoms with E-state index in [-0.39, 0.29) is 12.8 Å². The van der Waals surface area contributed by atoms with Gasteiger partial charge in [0.15, 0.2) is 0 Å². The summed E-state index contributed by atoms with van der Waals surface area (Å²) in [5.74, 6) is -0.207. The lowest BCUT2D eigenvalue weighted by Gasteiger charge is -2.23. The van der Waals surface area contributed by atoms with Crippen molar-refractivity contribution in [2.75, 3.05) is 0 Å². The van der Waals surface area contributed by atoms with E-state index in [4.69, 9.17) is 10.2 Å². The molecule has 0 aromatic heterocycles. The Bertz CT molecular complexity index is 1510. The van der Waals surface area contributed by atoms with Gasteiger partial charge in [0.2, 0.25) is 0 Å². The number of aliphatic carboxylic acids is 2. The molecule has 4 aromatic rings. The molecule has 2 N–H and O–H groups in total. The SMILES string of the molecule is O=C(O)Cc1ccc(-c2ccccc2)c(C2CCCC2)c1.O=C(O)Cc1ccc(-c2ccccc2)c(CC2CCCCC2)c1. The Kier molecular flexibility index (Phi) is 11.0. The van der Waals surface area contributed by atoms with Crippen molar-refractivity contribution in [1.29, 1.82) is 0 Å². The van der Waals surface area contributed by atoms with Gasteiger partial charge in [0.1, 0.15) is 0 Å². The second-order valence-electron chi connectivity index (χ2n) is 12.5. The molecule has 0 bridgehead atoms. The zero-order chi connectivity index (χ0) is 30.7. The number of benzene rings is 4. The summed E-state index contributed by atoms with van der Waals surface area (Å²) in [5, 5.41) is 18.1. The van der Waals surface area contributed by atoms with E-state index in [0.717, 1.165) is 23.5 Å². The van der Waals surface area contributed by atoms with E-state index in [0.29, 0.717) is 5.92 Å². The van der Waals surface area contributed by atoms with Crippen molar-refractivity contribution in [3.63, 3.8) is 0 Å². The molecule has 44 heavy (non-hydrogen) atoms. The molecule has 4 aromatic carbocycles. The molecule has 0 amide bonds. The highest BCUT2D eigenvalue weighted by atomic mass is 16.4. The number of rotatable bonds is 9. The molecule has 228 valence electrons. The third-order valence-corrected chi connectivity index (χ3v) is 9.19. The summed E-state index contributed by atoms with van der Waals surface area (Å²) < 4.78 is 0. The van der Waals surface area contributed by atoms with E-state index in [1.54, 1.807) is 0 Å². The van der Waals surface area contributed by atoms with Crippen LogP contribution in [-0.4, -0.2) is 22.2 Å². The fourth-order valence-electron chi connectivity index (χ4n) is 7.05. The van der Waals surface area contributed by atoms with E-state index >= 15 is 0 Å². The highest BCUT2D eigenvalue weighted by Gasteiger charge is 2.21. The minimum absolute atomic E-state index is 0.104. The molecule has 6 rings (SSSR count). The van der Waals surface area contributed by atoms with Gasteiger partial charge < -0.3 is 10.2 Å². The fourth-order valence-corrected chi connectivity index (χ4v) is 7.05. The molecule has 2 aliphatic carbocycles. The van der Waals surface area contributed by atoms with Crippen molar-refractivity contribution in [2.45, 2.75) is 83.0 Å². The summed E-state index contributed by atoms with van der Waals surface area (Å²) in [6.45, 7) is 0. The van der Waals surface area contributed by atoms with Gasteiger partial charge >= 0.3 is 11.9 Å². The topological polar surface area (TPSA) is 74.6 Å². The van der Waals surface area contributed by atoms with Crippen molar-refractivity contribution in [3.05, 3.63) is 119 Å². The first-order valence-electron chi connectivity index (χ1n) is 16.3. The summed E-state index contributed by atoms with van der Waals surface area (Å²) in [7, 11) is 0. The van der Waals surface area contributed by atoms with Gasteiger partial charge in [-0.15, -0.1) is 0 Å². The normalized spacial score (nSPS) is 15.4. The smallest absolute Gasteiger partial charge is 0.307 e. The molecule has 4 nitrogen and oxygen atoms in total. The van der Waals surface area contributed by atoms with Gasteiger partial charge in [-0.05, 0) is 75.6 Å². The van der Waals surface area contributed by atoms with Crippen LogP contribution in [0.2, 0.25) is 0 Å². The Morgan fingerprint density at radius 3 is 1.64 bits per heavy atom. The third-order valence-electron chi connectivity index (χ3n) is 9.19. The molecule has 4 heteroatoms. The van der Waals surface area contributed by atoms with Crippen LogP contribution in [0.3, 0.4) is 0 Å². The van der Waals surface area contributed by atoms with Gasteiger partial charge in [-0.25, -0.2) is 0 Å². The largest absolute Gasteiger partial charge is 0.481 e. The molecule has 0 radical (unpaired) electrons. The van der Waals surface area contributed by atoms with Crippen LogP contribution >= 0.6 is 0 Å². The maximum Gasteiger partial charge on any atom is 0.307 e. The van der Waals surface area contributed by atoms with Gasteiger partial charge in [0, 0.05) is 0 Å². The molecule has 2 aliphatic rings. The van der Waals surface area contributed by atoms with E-state index in [2.05, 4.69) is 72.8 Å². The molecule has 0 spiro atoms. The van der Waals surface area contributed by atoms with E-state index in [1.807, 2.05) is 24.3 Å². The van der Waals surface area contributed by atoms with Gasteiger partial charge in [-0.3, -0.25) is 9.59 Å². The lowest BCUT2D eigenvalue weighted by atomic mass is 9.82. The van der Waals surface area contributed by atoms with Crippen LogP contribution < -0.4 is 0 Å². The van der Waals surface area contributed by atoms with Crippen LogP contribution in [0.4, 0.5) is 0 Å². The number of carboxylic acids is 2. The minimum Gasteiger partial charge on any atom is -0.481 e. The molecule has 0 saturated heterocycles. The zero-order valence-corrected chi connectivity index (χ0v) is 25.6. The van der Waals surface area contributed by atoms with Crippen LogP contribution in [0.1, 0.15) is 86.0 Å². The van der Waals surface area contributed by atoms with Crippen LogP contribution in [0, 0.1) is 5.92 Å². The van der Waals surface area contributed by atoms with Crippen LogP contribution in [0.25, 0.3) is 22.3 Å². The maximum absolute atomic E-state index is 11.0. The zero-order valence-electron chi connectivity index (χ0n) is 25.6. The maximum atomic E-state index is 11.0. The predicted molar refractivity (Wildman–Crippen MR) is 178 cm³/mol. The van der Waals surface area contributed by atoms with E-state index in [9.17, 15) is 9.59 Å². The lowest BCUT2D eigenvalue weighted by Crippen LogP contribution is -2.10.